The molecular formula is C10H22O3Si. The molecular weight excluding hydrogens is 196 g/mol. The zero-order valence-corrected chi connectivity index (χ0v) is 10.7. The molecule has 0 aromatic rings. The molecule has 4 heteroatoms. The molecule has 0 amide bonds. The lowest BCUT2D eigenvalue weighted by atomic mass is 10.2. The van der Waals surface area contributed by atoms with E-state index < -0.39 is 9.17 Å². The van der Waals surface area contributed by atoms with E-state index in [9.17, 15) is 4.46 Å². The quantitative estimate of drug-likeness (QED) is 0.587. The average Bonchev–Trinajstić information content (AvgIpc) is 2.02. The third-order valence-electron chi connectivity index (χ3n) is 1.83. The molecule has 0 radical (unpaired) electrons. The number of hydrogen-bond donors (Lipinski definition) is 0. The minimum absolute atomic E-state index is 0.539. The second kappa shape index (κ2) is 7.97. The molecule has 84 valence electrons. The van der Waals surface area contributed by atoms with Crippen LogP contribution in [0.5, 0.6) is 0 Å². The molecule has 0 aromatic carbocycles. The van der Waals surface area contributed by atoms with Crippen molar-refractivity contribution in [1.82, 2.24) is 0 Å². The van der Waals surface area contributed by atoms with Gasteiger partial charge in [-0.15, -0.1) is 0 Å². The maximum Gasteiger partial charge on any atom is 0.767 e. The molecule has 14 heavy (non-hydrogen) atoms. The summed E-state index contributed by atoms with van der Waals surface area (Å²) in [6, 6.07) is 0. The van der Waals surface area contributed by atoms with Gasteiger partial charge in [0.2, 0.25) is 0 Å². The summed E-state index contributed by atoms with van der Waals surface area (Å²) in [4.78, 5) is 0. The van der Waals surface area contributed by atoms with Gasteiger partial charge in [0.05, 0.1) is 13.2 Å². The van der Waals surface area contributed by atoms with Gasteiger partial charge in [0.1, 0.15) is 0 Å². The van der Waals surface area contributed by atoms with E-state index in [1.807, 2.05) is 0 Å². The Labute approximate surface area is 88.7 Å². The van der Waals surface area contributed by atoms with Gasteiger partial charge >= 0.3 is 9.17 Å². The van der Waals surface area contributed by atoms with Crippen LogP contribution in [0.3, 0.4) is 0 Å². The van der Waals surface area contributed by atoms with Crippen molar-refractivity contribution in [2.45, 2.75) is 40.5 Å². The van der Waals surface area contributed by atoms with Gasteiger partial charge in [-0.05, 0) is 24.7 Å². The third kappa shape index (κ3) is 9.70. The van der Waals surface area contributed by atoms with E-state index in [0.29, 0.717) is 25.0 Å². The highest BCUT2D eigenvalue weighted by molar-refractivity contribution is 6.26. The Bertz CT molecular complexity index is 141. The van der Waals surface area contributed by atoms with Crippen LogP contribution in [0.1, 0.15) is 40.5 Å². The van der Waals surface area contributed by atoms with Crippen LogP contribution in [-0.4, -0.2) is 22.4 Å². The van der Waals surface area contributed by atoms with Crippen LogP contribution < -0.4 is 0 Å². The van der Waals surface area contributed by atoms with Crippen molar-refractivity contribution in [3.8, 4) is 0 Å². The standard InChI is InChI=1S/C10H22O3Si/c1-9(2)5-7-12-14(11)13-8-6-10(3)4/h9-10H,5-8H2,1-4H3. The Morgan fingerprint density at radius 2 is 1.29 bits per heavy atom. The minimum Gasteiger partial charge on any atom is -0.496 e. The number of hydrogen-bond acceptors (Lipinski definition) is 3. The summed E-state index contributed by atoms with van der Waals surface area (Å²) in [6.07, 6.45) is 1.87. The first-order chi connectivity index (χ1) is 6.52. The largest absolute Gasteiger partial charge is 0.767 e. The first-order valence-corrected chi connectivity index (χ1v) is 6.54. The summed E-state index contributed by atoms with van der Waals surface area (Å²) in [5.74, 6) is 1.17. The molecule has 0 aromatic heterocycles. The SMILES string of the molecule is CC(C)CCO[Si](=O)OCCC(C)C. The maximum absolute atomic E-state index is 11.1. The van der Waals surface area contributed by atoms with E-state index in [0.717, 1.165) is 12.8 Å². The molecule has 0 N–H and O–H groups in total. The lowest BCUT2D eigenvalue weighted by Gasteiger charge is -2.08. The van der Waals surface area contributed by atoms with Gasteiger partial charge in [0, 0.05) is 0 Å². The normalized spacial score (nSPS) is 10.7. The predicted octanol–water partition coefficient (Wildman–Crippen LogP) is 2.53. The van der Waals surface area contributed by atoms with Crippen molar-refractivity contribution in [2.75, 3.05) is 13.2 Å². The zero-order valence-electron chi connectivity index (χ0n) is 9.71. The summed E-state index contributed by atoms with van der Waals surface area (Å²) in [7, 11) is -2.23. The minimum atomic E-state index is -2.23. The molecule has 0 saturated heterocycles. The Hall–Kier alpha value is -0.383. The molecule has 0 fully saturated rings. The van der Waals surface area contributed by atoms with Crippen LogP contribution in [0.25, 0.3) is 0 Å². The van der Waals surface area contributed by atoms with Gasteiger partial charge in [-0.3, -0.25) is 4.46 Å². The van der Waals surface area contributed by atoms with Crippen LogP contribution in [0.4, 0.5) is 0 Å². The molecule has 0 saturated carbocycles. The molecule has 0 aliphatic rings. The average molecular weight is 218 g/mol. The van der Waals surface area contributed by atoms with Crippen LogP contribution >= 0.6 is 0 Å². The van der Waals surface area contributed by atoms with Crippen molar-refractivity contribution < 1.29 is 13.3 Å². The highest BCUT2D eigenvalue weighted by Gasteiger charge is 2.10. The lowest BCUT2D eigenvalue weighted by molar-refractivity contribution is 0.155. The van der Waals surface area contributed by atoms with Crippen molar-refractivity contribution >= 4 is 9.17 Å². The van der Waals surface area contributed by atoms with E-state index in [1.165, 1.54) is 0 Å². The summed E-state index contributed by atoms with van der Waals surface area (Å²) in [5, 5.41) is 0. The lowest BCUT2D eigenvalue weighted by Crippen LogP contribution is -2.15. The fourth-order valence-corrected chi connectivity index (χ4v) is 1.45. The molecule has 0 atom stereocenters. The van der Waals surface area contributed by atoms with Crippen molar-refractivity contribution in [3.63, 3.8) is 0 Å². The molecule has 0 heterocycles. The Balaban J connectivity index is 3.28. The molecule has 0 unspecified atom stereocenters. The Morgan fingerprint density at radius 3 is 1.57 bits per heavy atom. The molecule has 0 rings (SSSR count). The van der Waals surface area contributed by atoms with Crippen LogP contribution in [-0.2, 0) is 13.3 Å². The highest BCUT2D eigenvalue weighted by atomic mass is 28.3. The molecule has 0 bridgehead atoms. The van der Waals surface area contributed by atoms with Crippen LogP contribution in [0, 0.1) is 11.8 Å². The van der Waals surface area contributed by atoms with E-state index in [1.54, 1.807) is 0 Å². The monoisotopic (exact) mass is 218 g/mol. The summed E-state index contributed by atoms with van der Waals surface area (Å²) < 4.78 is 21.3. The summed E-state index contributed by atoms with van der Waals surface area (Å²) in [5.41, 5.74) is 0. The Morgan fingerprint density at radius 1 is 0.929 bits per heavy atom. The van der Waals surface area contributed by atoms with Crippen molar-refractivity contribution in [3.05, 3.63) is 0 Å². The molecule has 3 nitrogen and oxygen atoms in total. The van der Waals surface area contributed by atoms with E-state index in [-0.39, 0.29) is 0 Å². The fraction of sp³-hybridized carbons (Fsp3) is 1.00. The van der Waals surface area contributed by atoms with Gasteiger partial charge in [-0.25, -0.2) is 0 Å². The van der Waals surface area contributed by atoms with Crippen LogP contribution in [0.15, 0.2) is 0 Å². The van der Waals surface area contributed by atoms with Gasteiger partial charge in [-0.1, -0.05) is 27.7 Å². The van der Waals surface area contributed by atoms with Gasteiger partial charge in [-0.2, -0.15) is 0 Å². The Kier molecular flexibility index (Phi) is 7.75. The van der Waals surface area contributed by atoms with E-state index >= 15 is 0 Å². The highest BCUT2D eigenvalue weighted by Crippen LogP contribution is 2.01. The maximum atomic E-state index is 11.1. The van der Waals surface area contributed by atoms with Crippen LogP contribution in [0.2, 0.25) is 0 Å². The zero-order chi connectivity index (χ0) is 11.0. The van der Waals surface area contributed by atoms with Crippen molar-refractivity contribution in [2.24, 2.45) is 11.8 Å². The second-order valence-corrected chi connectivity index (χ2v) is 5.39. The smallest absolute Gasteiger partial charge is 0.496 e. The van der Waals surface area contributed by atoms with Gasteiger partial charge < -0.3 is 8.85 Å². The van der Waals surface area contributed by atoms with E-state index in [4.69, 9.17) is 8.85 Å². The van der Waals surface area contributed by atoms with E-state index in [2.05, 4.69) is 27.7 Å². The second-order valence-electron chi connectivity index (χ2n) is 4.31. The predicted molar refractivity (Wildman–Crippen MR) is 57.3 cm³/mol. The first-order valence-electron chi connectivity index (χ1n) is 5.32. The summed E-state index contributed by atoms with van der Waals surface area (Å²) >= 11 is 0. The van der Waals surface area contributed by atoms with Gasteiger partial charge in [0.15, 0.2) is 0 Å². The molecule has 0 spiro atoms. The number of rotatable bonds is 8. The van der Waals surface area contributed by atoms with Gasteiger partial charge in [0.25, 0.3) is 0 Å². The molecule has 0 aliphatic heterocycles. The summed E-state index contributed by atoms with van der Waals surface area (Å²) in [6.45, 7) is 9.52. The first kappa shape index (κ1) is 13.6. The third-order valence-corrected chi connectivity index (χ3v) is 2.71. The fourth-order valence-electron chi connectivity index (χ4n) is 0.798. The van der Waals surface area contributed by atoms with Crippen molar-refractivity contribution in [1.29, 1.82) is 0 Å². The molecule has 0 aliphatic carbocycles. The topological polar surface area (TPSA) is 35.5 Å².